The Kier molecular flexibility index (Phi) is 4.55. The lowest BCUT2D eigenvalue weighted by atomic mass is 10.0. The fourth-order valence-electron chi connectivity index (χ4n) is 3.81. The zero-order valence-corrected chi connectivity index (χ0v) is 14.9. The highest BCUT2D eigenvalue weighted by Gasteiger charge is 2.23. The molecule has 0 aliphatic carbocycles. The number of aromatic nitrogens is 2. The van der Waals surface area contributed by atoms with Crippen LogP contribution < -0.4 is 5.56 Å². The van der Waals surface area contributed by atoms with Crippen molar-refractivity contribution in [2.75, 3.05) is 13.6 Å². The molecule has 0 unspecified atom stereocenters. The van der Waals surface area contributed by atoms with Crippen LogP contribution in [0.2, 0.25) is 0 Å². The summed E-state index contributed by atoms with van der Waals surface area (Å²) in [4.78, 5) is 15.2. The summed E-state index contributed by atoms with van der Waals surface area (Å²) >= 11 is 0. The fourth-order valence-corrected chi connectivity index (χ4v) is 3.81. The number of benzene rings is 2. The Labute approximate surface area is 151 Å². The van der Waals surface area contributed by atoms with Crippen molar-refractivity contribution in [1.82, 2.24) is 14.7 Å². The van der Waals surface area contributed by atoms with Crippen molar-refractivity contribution in [3.63, 3.8) is 0 Å². The number of fused-ring (bicyclic) bond motifs is 1. The first-order valence-corrected chi connectivity index (χ1v) is 9.05. The van der Waals surface area contributed by atoms with Gasteiger partial charge < -0.3 is 4.90 Å². The molecule has 2 heterocycles. The van der Waals surface area contributed by atoms with E-state index in [9.17, 15) is 9.18 Å². The van der Waals surface area contributed by atoms with Crippen molar-refractivity contribution in [2.45, 2.75) is 31.8 Å². The van der Waals surface area contributed by atoms with E-state index < -0.39 is 0 Å². The smallest absolute Gasteiger partial charge is 0.274 e. The zero-order valence-electron chi connectivity index (χ0n) is 14.9. The van der Waals surface area contributed by atoms with Gasteiger partial charge in [0.1, 0.15) is 5.82 Å². The molecule has 0 saturated carbocycles. The molecule has 1 fully saturated rings. The van der Waals surface area contributed by atoms with E-state index in [1.807, 2.05) is 30.3 Å². The van der Waals surface area contributed by atoms with Crippen LogP contribution in [-0.2, 0) is 13.0 Å². The van der Waals surface area contributed by atoms with Crippen LogP contribution in [0, 0.1) is 5.82 Å². The van der Waals surface area contributed by atoms with Crippen molar-refractivity contribution in [3.8, 4) is 0 Å². The Bertz CT molecular complexity index is 998. The second-order valence-corrected chi connectivity index (χ2v) is 7.06. The van der Waals surface area contributed by atoms with Gasteiger partial charge in [0, 0.05) is 17.8 Å². The van der Waals surface area contributed by atoms with Gasteiger partial charge in [0.2, 0.25) is 0 Å². The molecule has 1 atom stereocenters. The van der Waals surface area contributed by atoms with E-state index in [-0.39, 0.29) is 11.4 Å². The van der Waals surface area contributed by atoms with E-state index in [1.165, 1.54) is 12.1 Å². The van der Waals surface area contributed by atoms with Crippen LogP contribution in [0.3, 0.4) is 0 Å². The molecule has 5 heteroatoms. The lowest BCUT2D eigenvalue weighted by Gasteiger charge is -2.20. The molecule has 1 saturated heterocycles. The molecule has 0 bridgehead atoms. The maximum atomic E-state index is 13.6. The summed E-state index contributed by atoms with van der Waals surface area (Å²) in [6.45, 7) is 1.65. The van der Waals surface area contributed by atoms with Gasteiger partial charge in [0.05, 0.1) is 17.6 Å². The normalized spacial score (nSPS) is 17.8. The lowest BCUT2D eigenvalue weighted by Crippen LogP contribution is -2.35. The average molecular weight is 351 g/mol. The maximum Gasteiger partial charge on any atom is 0.274 e. The molecule has 0 radical (unpaired) electrons. The summed E-state index contributed by atoms with van der Waals surface area (Å²) in [5, 5.41) is 6.20. The molecule has 2 aromatic carbocycles. The van der Waals surface area contributed by atoms with Crippen LogP contribution in [0.15, 0.2) is 53.3 Å². The molecule has 134 valence electrons. The molecule has 1 aliphatic heterocycles. The predicted octanol–water partition coefficient (Wildman–Crippen LogP) is 3.22. The number of likely N-dealkylation sites (tertiary alicyclic amines) is 1. The number of hydrogen-bond acceptors (Lipinski definition) is 3. The fraction of sp³-hybridized carbons (Fsp3) is 0.333. The summed E-state index contributed by atoms with van der Waals surface area (Å²) in [6.07, 6.45) is 2.73. The first-order valence-electron chi connectivity index (χ1n) is 9.05. The molecule has 0 N–H and O–H groups in total. The Balaban J connectivity index is 1.78. The third-order valence-electron chi connectivity index (χ3n) is 5.26. The summed E-state index contributed by atoms with van der Waals surface area (Å²) in [5.41, 5.74) is 1.61. The Hall–Kier alpha value is -2.53. The summed E-state index contributed by atoms with van der Waals surface area (Å²) in [6, 6.07) is 14.4. The molecule has 1 aromatic heterocycles. The number of likely N-dealkylation sites (N-methyl/N-ethyl adjacent to an activating group) is 1. The van der Waals surface area contributed by atoms with Crippen molar-refractivity contribution < 1.29 is 4.39 Å². The van der Waals surface area contributed by atoms with Crippen LogP contribution >= 0.6 is 0 Å². The SMILES string of the molecule is CN1CCC[C@@H]1Cn1nc(Cc2cccc(F)c2)c2ccccc2c1=O. The third-order valence-corrected chi connectivity index (χ3v) is 5.26. The standard InChI is InChI=1S/C21H22FN3O/c1-24-11-5-8-17(24)14-25-21(26)19-10-3-2-9-18(19)20(23-25)13-15-6-4-7-16(22)12-15/h2-4,6-7,9-10,12,17H,5,8,11,13-14H2,1H3/t17-/m1/s1. The van der Waals surface area contributed by atoms with Gasteiger partial charge in [-0.25, -0.2) is 9.07 Å². The summed E-state index contributed by atoms with van der Waals surface area (Å²) in [5.74, 6) is -0.257. The van der Waals surface area contributed by atoms with E-state index >= 15 is 0 Å². The van der Waals surface area contributed by atoms with Gasteiger partial charge in [0.15, 0.2) is 0 Å². The molecule has 0 amide bonds. The minimum Gasteiger partial charge on any atom is -0.302 e. The van der Waals surface area contributed by atoms with E-state index in [0.717, 1.165) is 36.0 Å². The number of rotatable bonds is 4. The Morgan fingerprint density at radius 1 is 1.15 bits per heavy atom. The minimum atomic E-state index is -0.257. The van der Waals surface area contributed by atoms with E-state index in [1.54, 1.807) is 10.7 Å². The second kappa shape index (κ2) is 7.00. The van der Waals surface area contributed by atoms with Crippen molar-refractivity contribution in [3.05, 3.63) is 76.0 Å². The van der Waals surface area contributed by atoms with E-state index in [4.69, 9.17) is 0 Å². The largest absolute Gasteiger partial charge is 0.302 e. The van der Waals surface area contributed by atoms with Gasteiger partial charge in [-0.05, 0) is 50.2 Å². The number of nitrogens with zero attached hydrogens (tertiary/aromatic N) is 3. The molecule has 1 aliphatic rings. The van der Waals surface area contributed by atoms with Crippen LogP contribution in [-0.4, -0.2) is 34.3 Å². The molecule has 3 aromatic rings. The molecular weight excluding hydrogens is 329 g/mol. The quantitative estimate of drug-likeness (QED) is 0.724. The second-order valence-electron chi connectivity index (χ2n) is 7.06. The van der Waals surface area contributed by atoms with Gasteiger partial charge in [-0.15, -0.1) is 0 Å². The van der Waals surface area contributed by atoms with Crippen molar-refractivity contribution in [1.29, 1.82) is 0 Å². The van der Waals surface area contributed by atoms with Gasteiger partial charge in [-0.2, -0.15) is 5.10 Å². The molecule has 4 nitrogen and oxygen atoms in total. The van der Waals surface area contributed by atoms with Gasteiger partial charge in [-0.1, -0.05) is 30.3 Å². The summed E-state index contributed by atoms with van der Waals surface area (Å²) < 4.78 is 15.2. The number of hydrogen-bond donors (Lipinski definition) is 0. The van der Waals surface area contributed by atoms with Crippen LogP contribution in [0.4, 0.5) is 4.39 Å². The Morgan fingerprint density at radius 2 is 1.96 bits per heavy atom. The highest BCUT2D eigenvalue weighted by atomic mass is 19.1. The van der Waals surface area contributed by atoms with Crippen LogP contribution in [0.25, 0.3) is 10.8 Å². The van der Waals surface area contributed by atoms with Gasteiger partial charge in [0.25, 0.3) is 5.56 Å². The topological polar surface area (TPSA) is 38.1 Å². The highest BCUT2D eigenvalue weighted by molar-refractivity contribution is 5.83. The maximum absolute atomic E-state index is 13.6. The van der Waals surface area contributed by atoms with Crippen LogP contribution in [0.1, 0.15) is 24.1 Å². The first-order chi connectivity index (χ1) is 12.6. The van der Waals surface area contributed by atoms with Crippen LogP contribution in [0.5, 0.6) is 0 Å². The average Bonchev–Trinajstić information content (AvgIpc) is 3.04. The lowest BCUT2D eigenvalue weighted by molar-refractivity contribution is 0.270. The van der Waals surface area contributed by atoms with Gasteiger partial charge in [-0.3, -0.25) is 4.79 Å². The molecular formula is C21H22FN3O. The number of halogens is 1. The first kappa shape index (κ1) is 16.9. The van der Waals surface area contributed by atoms with E-state index in [2.05, 4.69) is 17.0 Å². The Morgan fingerprint density at radius 3 is 2.69 bits per heavy atom. The monoisotopic (exact) mass is 351 g/mol. The molecule has 4 rings (SSSR count). The third kappa shape index (κ3) is 3.27. The predicted molar refractivity (Wildman–Crippen MR) is 101 cm³/mol. The zero-order chi connectivity index (χ0) is 18.1. The molecule has 26 heavy (non-hydrogen) atoms. The van der Waals surface area contributed by atoms with Gasteiger partial charge >= 0.3 is 0 Å². The van der Waals surface area contributed by atoms with E-state index in [0.29, 0.717) is 24.4 Å². The highest BCUT2D eigenvalue weighted by Crippen LogP contribution is 2.19. The summed E-state index contributed by atoms with van der Waals surface area (Å²) in [7, 11) is 2.09. The van der Waals surface area contributed by atoms with Crippen molar-refractivity contribution in [2.24, 2.45) is 0 Å². The van der Waals surface area contributed by atoms with Crippen molar-refractivity contribution >= 4 is 10.8 Å². The minimum absolute atomic E-state index is 0.0520. The molecule has 0 spiro atoms.